The number of rotatable bonds is 6. The van der Waals surface area contributed by atoms with E-state index >= 15 is 0 Å². The van der Waals surface area contributed by atoms with Crippen LogP contribution in [-0.2, 0) is 11.3 Å². The lowest BCUT2D eigenvalue weighted by Crippen LogP contribution is -2.37. The Labute approximate surface area is 97.8 Å². The minimum Gasteiger partial charge on any atom is -0.375 e. The van der Waals surface area contributed by atoms with E-state index in [-0.39, 0.29) is 5.60 Å². The van der Waals surface area contributed by atoms with E-state index in [1.807, 2.05) is 20.8 Å². The van der Waals surface area contributed by atoms with Gasteiger partial charge in [0.25, 0.3) is 0 Å². The van der Waals surface area contributed by atoms with Gasteiger partial charge in [-0.25, -0.2) is 0 Å². The first-order valence-corrected chi connectivity index (χ1v) is 5.81. The molecule has 92 valence electrons. The number of aromatic amines is 1. The van der Waals surface area contributed by atoms with Crippen LogP contribution in [0.25, 0.3) is 0 Å². The van der Waals surface area contributed by atoms with Gasteiger partial charge in [-0.3, -0.25) is 5.10 Å². The summed E-state index contributed by atoms with van der Waals surface area (Å²) in [7, 11) is 0. The van der Waals surface area contributed by atoms with Crippen molar-refractivity contribution in [3.8, 4) is 0 Å². The van der Waals surface area contributed by atoms with Crippen molar-refractivity contribution < 1.29 is 4.74 Å². The van der Waals surface area contributed by atoms with E-state index < -0.39 is 0 Å². The Morgan fingerprint density at radius 1 is 1.38 bits per heavy atom. The van der Waals surface area contributed by atoms with Crippen LogP contribution in [0.2, 0.25) is 0 Å². The second-order valence-electron chi connectivity index (χ2n) is 4.71. The van der Waals surface area contributed by atoms with Crippen molar-refractivity contribution >= 4 is 0 Å². The Morgan fingerprint density at radius 2 is 2.06 bits per heavy atom. The first-order chi connectivity index (χ1) is 7.46. The molecule has 1 aromatic rings. The zero-order valence-electron chi connectivity index (χ0n) is 11.0. The first kappa shape index (κ1) is 13.2. The fraction of sp³-hybridized carbons (Fsp3) is 0.750. The van der Waals surface area contributed by atoms with Crippen LogP contribution in [0.5, 0.6) is 0 Å². The van der Waals surface area contributed by atoms with E-state index in [0.717, 1.165) is 31.1 Å². The molecule has 4 heteroatoms. The van der Waals surface area contributed by atoms with Crippen molar-refractivity contribution in [3.63, 3.8) is 0 Å². The molecule has 0 atom stereocenters. The predicted molar refractivity (Wildman–Crippen MR) is 65.5 cm³/mol. The molecule has 0 radical (unpaired) electrons. The first-order valence-electron chi connectivity index (χ1n) is 5.81. The van der Waals surface area contributed by atoms with Crippen LogP contribution in [0.4, 0.5) is 0 Å². The van der Waals surface area contributed by atoms with E-state index in [9.17, 15) is 0 Å². The summed E-state index contributed by atoms with van der Waals surface area (Å²) in [5.74, 6) is 0. The predicted octanol–water partition coefficient (Wildman–Crippen LogP) is 1.93. The van der Waals surface area contributed by atoms with Crippen molar-refractivity contribution in [3.05, 3.63) is 17.0 Å². The lowest BCUT2D eigenvalue weighted by molar-refractivity contribution is -0.00899. The summed E-state index contributed by atoms with van der Waals surface area (Å²) < 4.78 is 5.62. The number of aromatic nitrogens is 2. The number of hydrogen-bond acceptors (Lipinski definition) is 3. The van der Waals surface area contributed by atoms with E-state index in [4.69, 9.17) is 4.74 Å². The van der Waals surface area contributed by atoms with Crippen LogP contribution in [0, 0.1) is 13.8 Å². The Bertz CT molecular complexity index is 312. The van der Waals surface area contributed by atoms with Gasteiger partial charge in [-0.15, -0.1) is 0 Å². The summed E-state index contributed by atoms with van der Waals surface area (Å²) in [5, 5.41) is 10.6. The molecule has 1 heterocycles. The van der Waals surface area contributed by atoms with Gasteiger partial charge in [0.1, 0.15) is 0 Å². The van der Waals surface area contributed by atoms with Gasteiger partial charge < -0.3 is 10.1 Å². The smallest absolute Gasteiger partial charge is 0.0750 e. The lowest BCUT2D eigenvalue weighted by atomic mass is 10.1. The summed E-state index contributed by atoms with van der Waals surface area (Å²) in [6.45, 7) is 12.7. The molecule has 0 fully saturated rings. The average molecular weight is 225 g/mol. The second-order valence-corrected chi connectivity index (χ2v) is 4.71. The van der Waals surface area contributed by atoms with E-state index in [1.165, 1.54) is 5.56 Å². The molecular formula is C12H23N3O. The van der Waals surface area contributed by atoms with Gasteiger partial charge in [-0.1, -0.05) is 0 Å². The minimum absolute atomic E-state index is 0.111. The van der Waals surface area contributed by atoms with Crippen LogP contribution in [0.3, 0.4) is 0 Å². The largest absolute Gasteiger partial charge is 0.375 e. The maximum atomic E-state index is 5.62. The van der Waals surface area contributed by atoms with Crippen LogP contribution >= 0.6 is 0 Å². The summed E-state index contributed by atoms with van der Waals surface area (Å²) in [4.78, 5) is 0. The molecular weight excluding hydrogens is 202 g/mol. The Balaban J connectivity index is 2.41. The minimum atomic E-state index is -0.111. The molecule has 0 aliphatic carbocycles. The number of nitrogens with one attached hydrogen (secondary N) is 2. The van der Waals surface area contributed by atoms with Crippen molar-refractivity contribution in [2.45, 2.75) is 46.8 Å². The van der Waals surface area contributed by atoms with Gasteiger partial charge >= 0.3 is 0 Å². The van der Waals surface area contributed by atoms with Crippen LogP contribution in [0.15, 0.2) is 0 Å². The zero-order chi connectivity index (χ0) is 12.2. The number of aryl methyl sites for hydroxylation is 2. The van der Waals surface area contributed by atoms with E-state index in [1.54, 1.807) is 0 Å². The summed E-state index contributed by atoms with van der Waals surface area (Å²) in [6.07, 6.45) is 0. The van der Waals surface area contributed by atoms with Gasteiger partial charge in [-0.2, -0.15) is 5.10 Å². The standard InChI is InChI=1S/C12H23N3O/c1-6-16-12(4,5)8-13-7-11-9(2)14-15-10(11)3/h13H,6-8H2,1-5H3,(H,14,15). The normalized spacial score (nSPS) is 12.1. The van der Waals surface area contributed by atoms with E-state index in [0.29, 0.717) is 0 Å². The lowest BCUT2D eigenvalue weighted by Gasteiger charge is -2.25. The molecule has 0 aromatic carbocycles. The maximum Gasteiger partial charge on any atom is 0.0750 e. The van der Waals surface area contributed by atoms with Crippen LogP contribution < -0.4 is 5.32 Å². The number of ether oxygens (including phenoxy) is 1. The highest BCUT2D eigenvalue weighted by Gasteiger charge is 2.17. The highest BCUT2D eigenvalue weighted by Crippen LogP contribution is 2.10. The SMILES string of the molecule is CCOC(C)(C)CNCc1c(C)n[nH]c1C. The third kappa shape index (κ3) is 3.61. The number of hydrogen-bond donors (Lipinski definition) is 2. The van der Waals surface area contributed by atoms with Gasteiger partial charge in [0.2, 0.25) is 0 Å². The molecule has 1 rings (SSSR count). The summed E-state index contributed by atoms with van der Waals surface area (Å²) in [6, 6.07) is 0. The van der Waals surface area contributed by atoms with Gasteiger partial charge in [-0.05, 0) is 34.6 Å². The maximum absolute atomic E-state index is 5.62. The molecule has 0 amide bonds. The molecule has 0 saturated carbocycles. The number of nitrogens with zero attached hydrogens (tertiary/aromatic N) is 1. The number of H-pyrrole nitrogens is 1. The van der Waals surface area contributed by atoms with Crippen molar-refractivity contribution in [1.82, 2.24) is 15.5 Å². The third-order valence-electron chi connectivity index (χ3n) is 2.67. The molecule has 0 spiro atoms. The molecule has 0 bridgehead atoms. The Hall–Kier alpha value is -0.870. The molecule has 0 saturated heterocycles. The molecule has 16 heavy (non-hydrogen) atoms. The van der Waals surface area contributed by atoms with E-state index in [2.05, 4.69) is 29.4 Å². The van der Waals surface area contributed by atoms with Crippen LogP contribution in [-0.4, -0.2) is 29.0 Å². The molecule has 0 aliphatic rings. The third-order valence-corrected chi connectivity index (χ3v) is 2.67. The quantitative estimate of drug-likeness (QED) is 0.778. The monoisotopic (exact) mass is 225 g/mol. The van der Waals surface area contributed by atoms with Gasteiger partial charge in [0.05, 0.1) is 11.3 Å². The van der Waals surface area contributed by atoms with Gasteiger partial charge in [0.15, 0.2) is 0 Å². The van der Waals surface area contributed by atoms with Crippen LogP contribution in [0.1, 0.15) is 37.7 Å². The molecule has 0 aliphatic heterocycles. The van der Waals surface area contributed by atoms with Crippen molar-refractivity contribution in [2.24, 2.45) is 0 Å². The summed E-state index contributed by atoms with van der Waals surface area (Å²) in [5.41, 5.74) is 3.35. The highest BCUT2D eigenvalue weighted by atomic mass is 16.5. The molecule has 2 N–H and O–H groups in total. The Kier molecular flexibility index (Phi) is 4.50. The topological polar surface area (TPSA) is 49.9 Å². The summed E-state index contributed by atoms with van der Waals surface area (Å²) >= 11 is 0. The highest BCUT2D eigenvalue weighted by molar-refractivity contribution is 5.22. The Morgan fingerprint density at radius 3 is 2.56 bits per heavy atom. The fourth-order valence-corrected chi connectivity index (χ4v) is 1.76. The molecule has 0 unspecified atom stereocenters. The molecule has 4 nitrogen and oxygen atoms in total. The fourth-order valence-electron chi connectivity index (χ4n) is 1.76. The second kappa shape index (κ2) is 5.46. The molecule has 1 aromatic heterocycles. The van der Waals surface area contributed by atoms with Crippen molar-refractivity contribution in [2.75, 3.05) is 13.2 Å². The average Bonchev–Trinajstić information content (AvgIpc) is 2.48. The van der Waals surface area contributed by atoms with Crippen molar-refractivity contribution in [1.29, 1.82) is 0 Å². The zero-order valence-corrected chi connectivity index (χ0v) is 11.0. The van der Waals surface area contributed by atoms with Gasteiger partial charge in [0, 0.05) is 31.0 Å².